The summed E-state index contributed by atoms with van der Waals surface area (Å²) < 4.78 is 38.2. The van der Waals surface area contributed by atoms with Crippen LogP contribution < -0.4 is 5.32 Å². The van der Waals surface area contributed by atoms with Crippen molar-refractivity contribution in [1.82, 2.24) is 5.32 Å². The van der Waals surface area contributed by atoms with Gasteiger partial charge in [-0.15, -0.1) is 0 Å². The van der Waals surface area contributed by atoms with Gasteiger partial charge in [-0.05, 0) is 25.2 Å². The van der Waals surface area contributed by atoms with Crippen LogP contribution in [-0.4, -0.2) is 19.4 Å². The van der Waals surface area contributed by atoms with E-state index in [9.17, 15) is 18.0 Å². The summed E-state index contributed by atoms with van der Waals surface area (Å²) in [6, 6.07) is 3.49. The van der Waals surface area contributed by atoms with Crippen LogP contribution in [0.4, 0.5) is 13.2 Å². The molecule has 1 aromatic rings. The summed E-state index contributed by atoms with van der Waals surface area (Å²) in [5.74, 6) is -0.581. The predicted octanol–water partition coefficient (Wildman–Crippen LogP) is 2.87. The minimum Gasteiger partial charge on any atom is -0.313 e. The van der Waals surface area contributed by atoms with Crippen molar-refractivity contribution in [3.8, 4) is 0 Å². The molecular weight excluding hydrogens is 287 g/mol. The minimum atomic E-state index is -4.53. The molecule has 2 nitrogen and oxygen atoms in total. The number of Topliss-reactive ketones (excluding diaryl/α,β-unsaturated/α-hetero) is 1. The fraction of sp³-hybridized carbons (Fsp3) is 0.300. The second-order valence-corrected chi connectivity index (χ2v) is 4.06. The highest BCUT2D eigenvalue weighted by Gasteiger charge is 2.35. The third-order valence-corrected chi connectivity index (χ3v) is 2.42. The van der Waals surface area contributed by atoms with Gasteiger partial charge in [0.1, 0.15) is 0 Å². The number of carbonyl (C=O) groups is 1. The van der Waals surface area contributed by atoms with Gasteiger partial charge in [-0.1, -0.05) is 15.9 Å². The Labute approximate surface area is 99.0 Å². The van der Waals surface area contributed by atoms with Crippen molar-refractivity contribution in [3.63, 3.8) is 0 Å². The van der Waals surface area contributed by atoms with Crippen LogP contribution in [0.5, 0.6) is 0 Å². The van der Waals surface area contributed by atoms with Gasteiger partial charge in [-0.3, -0.25) is 4.79 Å². The van der Waals surface area contributed by atoms with E-state index in [0.29, 0.717) is 4.47 Å². The summed E-state index contributed by atoms with van der Waals surface area (Å²) in [6.07, 6.45) is -4.53. The molecule has 0 aliphatic rings. The number of carbonyl (C=O) groups excluding carboxylic acids is 1. The summed E-state index contributed by atoms with van der Waals surface area (Å²) in [5.41, 5.74) is -1.23. The number of hydrogen-bond donors (Lipinski definition) is 1. The zero-order valence-electron chi connectivity index (χ0n) is 8.36. The molecule has 0 radical (unpaired) electrons. The number of likely N-dealkylation sites (N-methyl/N-ethyl adjacent to an activating group) is 1. The topological polar surface area (TPSA) is 29.1 Å². The highest BCUT2D eigenvalue weighted by molar-refractivity contribution is 9.10. The zero-order valence-corrected chi connectivity index (χ0v) is 9.95. The van der Waals surface area contributed by atoms with E-state index in [1.165, 1.54) is 19.2 Å². The number of alkyl halides is 3. The van der Waals surface area contributed by atoms with Crippen LogP contribution in [0.1, 0.15) is 15.9 Å². The molecule has 6 heteroatoms. The lowest BCUT2D eigenvalue weighted by molar-refractivity contribution is -0.137. The smallest absolute Gasteiger partial charge is 0.313 e. The van der Waals surface area contributed by atoms with Gasteiger partial charge in [0.25, 0.3) is 0 Å². The van der Waals surface area contributed by atoms with Crippen molar-refractivity contribution in [2.24, 2.45) is 0 Å². The molecular formula is C10H9BrF3NO. The van der Waals surface area contributed by atoms with E-state index in [1.54, 1.807) is 0 Å². The molecule has 0 saturated heterocycles. The molecule has 0 spiro atoms. The summed E-state index contributed by atoms with van der Waals surface area (Å²) in [4.78, 5) is 11.4. The standard InChI is InChI=1S/C10H9BrF3NO/c1-15-5-9(16)7-3-2-6(11)4-8(7)10(12,13)14/h2-4,15H,5H2,1H3. The molecule has 0 bridgehead atoms. The Kier molecular flexibility index (Phi) is 4.09. The van der Waals surface area contributed by atoms with Gasteiger partial charge >= 0.3 is 6.18 Å². The Morgan fingerprint density at radius 1 is 1.44 bits per heavy atom. The van der Waals surface area contributed by atoms with Crippen molar-refractivity contribution in [1.29, 1.82) is 0 Å². The summed E-state index contributed by atoms with van der Waals surface area (Å²) >= 11 is 2.95. The second kappa shape index (κ2) is 4.97. The van der Waals surface area contributed by atoms with Gasteiger partial charge in [-0.2, -0.15) is 13.2 Å². The largest absolute Gasteiger partial charge is 0.417 e. The quantitative estimate of drug-likeness (QED) is 0.869. The van der Waals surface area contributed by atoms with Gasteiger partial charge in [-0.25, -0.2) is 0 Å². The maximum atomic E-state index is 12.6. The molecule has 0 saturated carbocycles. The lowest BCUT2D eigenvalue weighted by Gasteiger charge is -2.12. The van der Waals surface area contributed by atoms with Gasteiger partial charge in [0.15, 0.2) is 5.78 Å². The molecule has 1 N–H and O–H groups in total. The van der Waals surface area contributed by atoms with Crippen molar-refractivity contribution in [2.75, 3.05) is 13.6 Å². The van der Waals surface area contributed by atoms with E-state index in [-0.39, 0.29) is 12.1 Å². The Morgan fingerprint density at radius 3 is 2.56 bits per heavy atom. The number of rotatable bonds is 3. The van der Waals surface area contributed by atoms with Gasteiger partial charge in [0.2, 0.25) is 0 Å². The highest BCUT2D eigenvalue weighted by Crippen LogP contribution is 2.33. The normalized spacial score (nSPS) is 11.6. The van der Waals surface area contributed by atoms with E-state index in [2.05, 4.69) is 21.2 Å². The Hall–Kier alpha value is -0.880. The van der Waals surface area contributed by atoms with Gasteiger partial charge < -0.3 is 5.32 Å². The van der Waals surface area contributed by atoms with Crippen molar-refractivity contribution >= 4 is 21.7 Å². The fourth-order valence-electron chi connectivity index (χ4n) is 1.25. The molecule has 0 unspecified atom stereocenters. The van der Waals surface area contributed by atoms with Gasteiger partial charge in [0, 0.05) is 10.0 Å². The molecule has 0 amide bonds. The van der Waals surface area contributed by atoms with Crippen LogP contribution in [0.2, 0.25) is 0 Å². The first kappa shape index (κ1) is 13.2. The first-order chi connectivity index (χ1) is 7.36. The number of hydrogen-bond acceptors (Lipinski definition) is 2. The van der Waals surface area contributed by atoms with Crippen molar-refractivity contribution < 1.29 is 18.0 Å². The molecule has 88 valence electrons. The van der Waals surface area contributed by atoms with Gasteiger partial charge in [0.05, 0.1) is 12.1 Å². The predicted molar refractivity (Wildman–Crippen MR) is 57.4 cm³/mol. The van der Waals surface area contributed by atoms with Crippen molar-refractivity contribution in [3.05, 3.63) is 33.8 Å². The Balaban J connectivity index is 3.23. The monoisotopic (exact) mass is 295 g/mol. The number of halogens is 4. The van der Waals surface area contributed by atoms with Crippen LogP contribution in [0.25, 0.3) is 0 Å². The lowest BCUT2D eigenvalue weighted by atomic mass is 10.0. The van der Waals surface area contributed by atoms with Crippen LogP contribution in [0.3, 0.4) is 0 Å². The first-order valence-electron chi connectivity index (χ1n) is 4.41. The summed E-state index contributed by atoms with van der Waals surface area (Å²) in [7, 11) is 1.50. The Morgan fingerprint density at radius 2 is 2.06 bits per heavy atom. The number of ketones is 1. The molecule has 0 fully saturated rings. The molecule has 1 rings (SSSR count). The average Bonchev–Trinajstić information content (AvgIpc) is 2.16. The first-order valence-corrected chi connectivity index (χ1v) is 5.20. The fourth-order valence-corrected chi connectivity index (χ4v) is 1.61. The molecule has 1 aromatic carbocycles. The zero-order chi connectivity index (χ0) is 12.3. The average molecular weight is 296 g/mol. The maximum Gasteiger partial charge on any atom is 0.417 e. The van der Waals surface area contributed by atoms with Crippen molar-refractivity contribution in [2.45, 2.75) is 6.18 Å². The van der Waals surface area contributed by atoms with E-state index in [0.717, 1.165) is 6.07 Å². The molecule has 0 heterocycles. The third kappa shape index (κ3) is 3.05. The molecule has 0 aliphatic heterocycles. The molecule has 16 heavy (non-hydrogen) atoms. The number of benzene rings is 1. The van der Waals surface area contributed by atoms with Crippen LogP contribution >= 0.6 is 15.9 Å². The second-order valence-electron chi connectivity index (χ2n) is 3.14. The molecule has 0 aliphatic carbocycles. The SMILES string of the molecule is CNCC(=O)c1ccc(Br)cc1C(F)(F)F. The van der Waals surface area contributed by atoms with E-state index in [1.807, 2.05) is 0 Å². The minimum absolute atomic E-state index is 0.120. The maximum absolute atomic E-state index is 12.6. The third-order valence-electron chi connectivity index (χ3n) is 1.92. The van der Waals surface area contributed by atoms with E-state index in [4.69, 9.17) is 0 Å². The van der Waals surface area contributed by atoms with Crippen LogP contribution in [0.15, 0.2) is 22.7 Å². The highest BCUT2D eigenvalue weighted by atomic mass is 79.9. The number of nitrogens with one attached hydrogen (secondary N) is 1. The van der Waals surface area contributed by atoms with Crippen LogP contribution in [0, 0.1) is 0 Å². The summed E-state index contributed by atoms with van der Waals surface area (Å²) in [5, 5.41) is 2.53. The van der Waals surface area contributed by atoms with E-state index >= 15 is 0 Å². The van der Waals surface area contributed by atoms with E-state index < -0.39 is 17.5 Å². The Bertz CT molecular complexity index is 404. The molecule has 0 aromatic heterocycles. The lowest BCUT2D eigenvalue weighted by Crippen LogP contribution is -2.22. The molecule has 0 atom stereocenters. The summed E-state index contributed by atoms with van der Waals surface area (Å²) in [6.45, 7) is -0.120. The van der Waals surface area contributed by atoms with Crippen LogP contribution in [-0.2, 0) is 6.18 Å².